The van der Waals surface area contributed by atoms with Gasteiger partial charge in [-0.15, -0.1) is 0 Å². The van der Waals surface area contributed by atoms with Gasteiger partial charge in [-0.25, -0.2) is 0 Å². The Bertz CT molecular complexity index is 748. The van der Waals surface area contributed by atoms with E-state index in [0.717, 1.165) is 17.5 Å². The van der Waals surface area contributed by atoms with Crippen LogP contribution in [0.4, 0.5) is 5.69 Å². The fourth-order valence-corrected chi connectivity index (χ4v) is 2.50. The molecule has 0 spiro atoms. The van der Waals surface area contributed by atoms with E-state index in [2.05, 4.69) is 21.4 Å². The summed E-state index contributed by atoms with van der Waals surface area (Å²) < 4.78 is 0.547. The van der Waals surface area contributed by atoms with Gasteiger partial charge in [0.25, 0.3) is 0 Å². The van der Waals surface area contributed by atoms with Crippen molar-refractivity contribution >= 4 is 34.8 Å². The average Bonchev–Trinajstić information content (AvgIpc) is 2.67. The molecule has 1 aliphatic carbocycles. The Balaban J connectivity index is 1.87. The van der Waals surface area contributed by atoms with Crippen LogP contribution in [0, 0.1) is 21.5 Å². The number of benzene rings is 1. The first-order valence-corrected chi connectivity index (χ1v) is 6.49. The highest BCUT2D eigenvalue weighted by molar-refractivity contribution is 7.71. The Hall–Kier alpha value is -2.13. The van der Waals surface area contributed by atoms with Gasteiger partial charge in [0.1, 0.15) is 5.41 Å². The molecule has 19 heavy (non-hydrogen) atoms. The molecule has 1 amide bonds. The van der Waals surface area contributed by atoms with Crippen LogP contribution in [0.2, 0.25) is 0 Å². The van der Waals surface area contributed by atoms with E-state index >= 15 is 0 Å². The molecule has 1 aromatic heterocycles. The number of amides is 1. The van der Waals surface area contributed by atoms with E-state index in [1.54, 1.807) is 6.07 Å². The number of carbonyl (C=O) groups is 1. The highest BCUT2D eigenvalue weighted by Crippen LogP contribution is 2.41. The Morgan fingerprint density at radius 1 is 1.37 bits per heavy atom. The lowest BCUT2D eigenvalue weighted by molar-refractivity contribution is -0.126. The zero-order valence-corrected chi connectivity index (χ0v) is 10.9. The van der Waals surface area contributed by atoms with E-state index in [9.17, 15) is 4.79 Å². The second kappa shape index (κ2) is 4.21. The minimum atomic E-state index is -0.833. The van der Waals surface area contributed by atoms with Crippen molar-refractivity contribution in [3.8, 4) is 6.07 Å². The molecule has 0 saturated heterocycles. The molecule has 5 nitrogen and oxygen atoms in total. The number of rotatable bonds is 2. The van der Waals surface area contributed by atoms with Crippen molar-refractivity contribution in [1.29, 1.82) is 5.26 Å². The van der Waals surface area contributed by atoms with Gasteiger partial charge in [-0.2, -0.15) is 5.26 Å². The molecule has 1 saturated carbocycles. The highest BCUT2D eigenvalue weighted by atomic mass is 32.1. The number of aromatic nitrogens is 2. The van der Waals surface area contributed by atoms with Crippen molar-refractivity contribution in [2.45, 2.75) is 19.3 Å². The van der Waals surface area contributed by atoms with E-state index in [1.165, 1.54) is 0 Å². The van der Waals surface area contributed by atoms with Crippen LogP contribution in [0.15, 0.2) is 18.2 Å². The number of fused-ring (bicyclic) bond motifs is 1. The monoisotopic (exact) mass is 272 g/mol. The molecule has 0 atom stereocenters. The summed E-state index contributed by atoms with van der Waals surface area (Å²) in [4.78, 5) is 18.1. The van der Waals surface area contributed by atoms with Gasteiger partial charge in [0.05, 0.1) is 17.1 Å². The average molecular weight is 272 g/mol. The van der Waals surface area contributed by atoms with Crippen LogP contribution in [0.3, 0.4) is 0 Å². The van der Waals surface area contributed by atoms with E-state index < -0.39 is 5.41 Å². The standard InChI is InChI=1S/C13H12N4OS/c14-7-13(4-1-5-13)11(18)15-8-2-3-9-10(6-8)17-12(19)16-9/h2-3,6H,1,4-5H2,(H,15,18)(H2,16,17,19). The van der Waals surface area contributed by atoms with Gasteiger partial charge in [0.15, 0.2) is 4.77 Å². The number of aromatic amines is 2. The van der Waals surface area contributed by atoms with E-state index in [0.29, 0.717) is 23.3 Å². The van der Waals surface area contributed by atoms with Gasteiger partial charge in [0, 0.05) is 5.69 Å². The summed E-state index contributed by atoms with van der Waals surface area (Å²) in [6.45, 7) is 0. The Labute approximate surface area is 114 Å². The summed E-state index contributed by atoms with van der Waals surface area (Å²) >= 11 is 5.01. The lowest BCUT2D eigenvalue weighted by Gasteiger charge is -2.33. The van der Waals surface area contributed by atoms with Crippen molar-refractivity contribution < 1.29 is 4.79 Å². The summed E-state index contributed by atoms with van der Waals surface area (Å²) in [6.07, 6.45) is 2.22. The molecule has 3 N–H and O–H groups in total. The molecule has 0 radical (unpaired) electrons. The molecule has 2 aromatic rings. The molecule has 1 aliphatic rings. The summed E-state index contributed by atoms with van der Waals surface area (Å²) in [5.74, 6) is -0.213. The Morgan fingerprint density at radius 2 is 2.11 bits per heavy atom. The van der Waals surface area contributed by atoms with E-state index in [4.69, 9.17) is 17.5 Å². The number of carbonyl (C=O) groups excluding carboxylic acids is 1. The third-order valence-corrected chi connectivity index (χ3v) is 3.83. The molecular weight excluding hydrogens is 260 g/mol. The maximum absolute atomic E-state index is 12.1. The molecule has 1 fully saturated rings. The van der Waals surface area contributed by atoms with Gasteiger partial charge in [0.2, 0.25) is 5.91 Å². The van der Waals surface area contributed by atoms with Crippen LogP contribution >= 0.6 is 12.2 Å². The number of hydrogen-bond acceptors (Lipinski definition) is 3. The Kier molecular flexibility index (Phi) is 2.64. The quantitative estimate of drug-likeness (QED) is 0.735. The first kappa shape index (κ1) is 11.9. The zero-order valence-electron chi connectivity index (χ0n) is 10.1. The smallest absolute Gasteiger partial charge is 0.244 e. The van der Waals surface area contributed by atoms with E-state index in [-0.39, 0.29) is 5.91 Å². The minimum absolute atomic E-state index is 0.213. The molecule has 0 bridgehead atoms. The van der Waals surface area contributed by atoms with Crippen molar-refractivity contribution in [2.24, 2.45) is 5.41 Å². The van der Waals surface area contributed by atoms with Crippen LogP contribution in [0.1, 0.15) is 19.3 Å². The number of nitrogens with one attached hydrogen (secondary N) is 3. The zero-order chi connectivity index (χ0) is 13.5. The topological polar surface area (TPSA) is 84.5 Å². The third kappa shape index (κ3) is 1.92. The lowest BCUT2D eigenvalue weighted by Crippen LogP contribution is -2.40. The van der Waals surface area contributed by atoms with Gasteiger partial charge >= 0.3 is 0 Å². The summed E-state index contributed by atoms with van der Waals surface area (Å²) in [6, 6.07) is 7.58. The number of imidazole rings is 1. The first-order chi connectivity index (χ1) is 9.13. The second-order valence-corrected chi connectivity index (χ2v) is 5.25. The lowest BCUT2D eigenvalue weighted by atomic mass is 9.69. The van der Waals surface area contributed by atoms with Crippen LogP contribution in [0.5, 0.6) is 0 Å². The maximum Gasteiger partial charge on any atom is 0.244 e. The van der Waals surface area contributed by atoms with Crippen LogP contribution in [-0.4, -0.2) is 15.9 Å². The van der Waals surface area contributed by atoms with Crippen molar-refractivity contribution in [1.82, 2.24) is 9.97 Å². The van der Waals surface area contributed by atoms with Crippen LogP contribution in [0.25, 0.3) is 11.0 Å². The fourth-order valence-electron chi connectivity index (χ4n) is 2.28. The van der Waals surface area contributed by atoms with Crippen LogP contribution < -0.4 is 5.32 Å². The fraction of sp³-hybridized carbons (Fsp3) is 0.308. The molecule has 0 aliphatic heterocycles. The molecule has 1 aromatic carbocycles. The Morgan fingerprint density at radius 3 is 2.74 bits per heavy atom. The van der Waals surface area contributed by atoms with Gasteiger partial charge in [-0.3, -0.25) is 4.79 Å². The first-order valence-electron chi connectivity index (χ1n) is 6.08. The molecule has 96 valence electrons. The number of nitrogens with zero attached hydrogens (tertiary/aromatic N) is 1. The second-order valence-electron chi connectivity index (χ2n) is 4.84. The summed E-state index contributed by atoms with van der Waals surface area (Å²) in [5.41, 5.74) is 1.56. The molecule has 6 heteroatoms. The highest BCUT2D eigenvalue weighted by Gasteiger charge is 2.44. The predicted octanol–water partition coefficient (Wildman–Crippen LogP) is 2.86. The number of anilines is 1. The van der Waals surface area contributed by atoms with Crippen molar-refractivity contribution in [3.63, 3.8) is 0 Å². The minimum Gasteiger partial charge on any atom is -0.331 e. The summed E-state index contributed by atoms with van der Waals surface area (Å²) in [7, 11) is 0. The number of hydrogen-bond donors (Lipinski definition) is 3. The van der Waals surface area contributed by atoms with Gasteiger partial charge in [-0.05, 0) is 49.7 Å². The third-order valence-electron chi connectivity index (χ3n) is 3.63. The summed E-state index contributed by atoms with van der Waals surface area (Å²) in [5, 5.41) is 11.9. The van der Waals surface area contributed by atoms with Gasteiger partial charge < -0.3 is 15.3 Å². The van der Waals surface area contributed by atoms with Crippen molar-refractivity contribution in [2.75, 3.05) is 5.32 Å². The predicted molar refractivity (Wildman–Crippen MR) is 74.0 cm³/mol. The molecule has 3 rings (SSSR count). The van der Waals surface area contributed by atoms with Crippen molar-refractivity contribution in [3.05, 3.63) is 23.0 Å². The van der Waals surface area contributed by atoms with Gasteiger partial charge in [-0.1, -0.05) is 0 Å². The largest absolute Gasteiger partial charge is 0.331 e. The SMILES string of the molecule is N#CC1(C(=O)Nc2ccc3[nH]c(=S)[nH]c3c2)CCC1. The number of H-pyrrole nitrogens is 2. The normalized spacial score (nSPS) is 16.6. The number of nitriles is 1. The molecular formula is C13H12N4OS. The van der Waals surface area contributed by atoms with Crippen LogP contribution in [-0.2, 0) is 4.79 Å². The molecule has 0 unspecified atom stereocenters. The maximum atomic E-state index is 12.1. The molecule has 1 heterocycles. The van der Waals surface area contributed by atoms with E-state index in [1.807, 2.05) is 12.1 Å².